The number of rotatable bonds is 6. The van der Waals surface area contributed by atoms with Crippen molar-refractivity contribution >= 4 is 35.7 Å². The molecule has 2 saturated heterocycles. The number of fused-ring (bicyclic) bond motifs is 3. The minimum Gasteiger partial charge on any atom is -0.350 e. The molecule has 0 spiro atoms. The van der Waals surface area contributed by atoms with Crippen LogP contribution in [0.2, 0.25) is 11.6 Å². The van der Waals surface area contributed by atoms with E-state index >= 15 is 0 Å². The number of nitriles is 1. The molecule has 0 radical (unpaired) electrons. The molecule has 11 heteroatoms. The highest BCUT2D eigenvalue weighted by Crippen LogP contribution is 2.55. The number of carbonyl (C=O) groups is 2. The summed E-state index contributed by atoms with van der Waals surface area (Å²) in [4.78, 5) is 44.2. The molecule has 3 aliphatic heterocycles. The third kappa shape index (κ3) is 4.89. The number of piperidine rings is 1. The van der Waals surface area contributed by atoms with Crippen LogP contribution in [0.4, 0.5) is 21.6 Å². The van der Waals surface area contributed by atoms with Gasteiger partial charge in [0.15, 0.2) is 5.82 Å². The lowest BCUT2D eigenvalue weighted by Gasteiger charge is -2.45. The smallest absolute Gasteiger partial charge is 0.283 e. The number of amides is 2. The average molecular weight is 572 g/mol. The van der Waals surface area contributed by atoms with Gasteiger partial charge in [-0.2, -0.15) is 0 Å². The summed E-state index contributed by atoms with van der Waals surface area (Å²) < 4.78 is 14.5. The largest absolute Gasteiger partial charge is 0.350 e. The van der Waals surface area contributed by atoms with E-state index in [-0.39, 0.29) is 36.4 Å². The van der Waals surface area contributed by atoms with Crippen molar-refractivity contribution < 1.29 is 14.0 Å². The van der Waals surface area contributed by atoms with E-state index in [1.165, 1.54) is 12.1 Å². The lowest BCUT2D eigenvalue weighted by Crippen LogP contribution is -2.52. The molecule has 9 nitrogen and oxygen atoms in total. The molecule has 1 saturated carbocycles. The quantitative estimate of drug-likeness (QED) is 0.470. The predicted octanol–water partition coefficient (Wildman–Crippen LogP) is 4.55. The van der Waals surface area contributed by atoms with Crippen LogP contribution in [-0.4, -0.2) is 83.1 Å². The number of carbonyl (C=O) groups excluding carboxylic acids is 2. The van der Waals surface area contributed by atoms with E-state index in [2.05, 4.69) is 20.8 Å². The number of hydrogen-bond donors (Lipinski definition) is 0. The number of halogens is 1. The molecule has 2 bridgehead atoms. The highest BCUT2D eigenvalue weighted by Gasteiger charge is 2.55. The topological polar surface area (TPSA) is 96.7 Å². The van der Waals surface area contributed by atoms with Gasteiger partial charge in [-0.25, -0.2) is 19.6 Å². The number of hydrogen-bond acceptors (Lipinski definition) is 7. The van der Waals surface area contributed by atoms with Gasteiger partial charge in [0.05, 0.1) is 17.4 Å². The molecule has 4 aliphatic rings. The van der Waals surface area contributed by atoms with E-state index in [9.17, 15) is 19.2 Å². The highest BCUT2D eigenvalue weighted by atomic mass is 19.1. The van der Waals surface area contributed by atoms with Gasteiger partial charge in [0.2, 0.25) is 5.91 Å². The SMILES string of the molecule is CCN(C(=O)c1cc(F)ccc1N1CCN(C2CCN(C(=O)C3B(C#N)C4CCC3C4)CC2)c2ncncc21)C(C)C. The summed E-state index contributed by atoms with van der Waals surface area (Å²) in [7, 11) is 0. The van der Waals surface area contributed by atoms with E-state index < -0.39 is 5.82 Å². The Morgan fingerprint density at radius 1 is 1.14 bits per heavy atom. The minimum absolute atomic E-state index is 0.0153. The van der Waals surface area contributed by atoms with Crippen LogP contribution in [0.15, 0.2) is 30.7 Å². The molecule has 3 fully saturated rings. The Bertz CT molecular complexity index is 1390. The van der Waals surface area contributed by atoms with Crippen LogP contribution in [0.3, 0.4) is 0 Å². The summed E-state index contributed by atoms with van der Waals surface area (Å²) in [6.45, 7) is 8.87. The molecule has 2 amide bonds. The molecule has 42 heavy (non-hydrogen) atoms. The monoisotopic (exact) mass is 571 g/mol. The first-order valence-corrected chi connectivity index (χ1v) is 15.4. The Balaban J connectivity index is 1.20. The van der Waals surface area contributed by atoms with Gasteiger partial charge in [-0.05, 0) is 63.5 Å². The van der Waals surface area contributed by atoms with Crippen LogP contribution in [-0.2, 0) is 4.79 Å². The van der Waals surface area contributed by atoms with E-state index in [0.717, 1.165) is 43.6 Å². The van der Waals surface area contributed by atoms with Gasteiger partial charge < -0.3 is 19.6 Å². The summed E-state index contributed by atoms with van der Waals surface area (Å²) in [5, 5.41) is 9.76. The van der Waals surface area contributed by atoms with Crippen LogP contribution in [0.5, 0.6) is 0 Å². The molecular formula is C31H39BFN7O2. The lowest BCUT2D eigenvalue weighted by atomic mass is 9.35. The molecular weight excluding hydrogens is 532 g/mol. The Morgan fingerprint density at radius 2 is 1.93 bits per heavy atom. The maximum atomic E-state index is 14.5. The summed E-state index contributed by atoms with van der Waals surface area (Å²) in [5.74, 6) is 3.42. The molecule has 3 unspecified atom stereocenters. The first kappa shape index (κ1) is 28.4. The molecule has 1 aromatic heterocycles. The van der Waals surface area contributed by atoms with Crippen molar-refractivity contribution in [2.45, 2.75) is 76.6 Å². The summed E-state index contributed by atoms with van der Waals surface area (Å²) in [6.07, 6.45) is 8.15. The number of benzene rings is 1. The van der Waals surface area contributed by atoms with Crippen molar-refractivity contribution in [3.8, 4) is 5.97 Å². The van der Waals surface area contributed by atoms with Crippen molar-refractivity contribution in [1.29, 1.82) is 5.26 Å². The maximum absolute atomic E-state index is 14.5. The third-order valence-corrected chi connectivity index (χ3v) is 10.1. The fraction of sp³-hybridized carbons (Fsp3) is 0.581. The zero-order chi connectivity index (χ0) is 29.5. The zero-order valence-electron chi connectivity index (χ0n) is 24.7. The molecule has 1 aromatic carbocycles. The van der Waals surface area contributed by atoms with Crippen molar-refractivity contribution in [3.63, 3.8) is 0 Å². The van der Waals surface area contributed by atoms with Crippen LogP contribution >= 0.6 is 0 Å². The van der Waals surface area contributed by atoms with Gasteiger partial charge in [-0.15, -0.1) is 0 Å². The number of likely N-dealkylation sites (tertiary alicyclic amines) is 1. The average Bonchev–Trinajstić information content (AvgIpc) is 3.62. The standard InChI is InChI=1S/C31H39BFN7O2/c1-4-38(20(2)3)30(41)25-16-23(33)7-8-26(25)40-14-13-39(29-27(40)17-35-19-36-29)24-9-11-37(12-10-24)31(42)28-21-5-6-22(15-21)32(28)18-34/h7-8,16-17,19-22,24,28H,4-6,9-15H2,1-3H3. The van der Waals surface area contributed by atoms with Crippen LogP contribution in [0.1, 0.15) is 63.2 Å². The second-order valence-corrected chi connectivity index (χ2v) is 12.5. The number of aromatic nitrogens is 2. The van der Waals surface area contributed by atoms with E-state index in [4.69, 9.17) is 0 Å². The minimum atomic E-state index is -0.446. The first-order valence-electron chi connectivity index (χ1n) is 15.4. The van der Waals surface area contributed by atoms with Crippen molar-refractivity contribution in [2.75, 3.05) is 42.5 Å². The zero-order valence-corrected chi connectivity index (χ0v) is 24.7. The fourth-order valence-corrected chi connectivity index (χ4v) is 8.02. The molecule has 4 heterocycles. The predicted molar refractivity (Wildman–Crippen MR) is 160 cm³/mol. The second-order valence-electron chi connectivity index (χ2n) is 12.5. The van der Waals surface area contributed by atoms with Crippen LogP contribution in [0, 0.1) is 23.0 Å². The molecule has 3 atom stereocenters. The van der Waals surface area contributed by atoms with E-state index in [1.54, 1.807) is 23.5 Å². The number of nitrogens with zero attached hydrogens (tertiary/aromatic N) is 7. The second kappa shape index (κ2) is 11.5. The van der Waals surface area contributed by atoms with Crippen molar-refractivity contribution in [2.24, 2.45) is 5.92 Å². The third-order valence-electron chi connectivity index (χ3n) is 10.1. The highest BCUT2D eigenvalue weighted by molar-refractivity contribution is 6.74. The van der Waals surface area contributed by atoms with Gasteiger partial charge in [0.25, 0.3) is 12.6 Å². The lowest BCUT2D eigenvalue weighted by molar-refractivity contribution is -0.133. The van der Waals surface area contributed by atoms with Crippen molar-refractivity contribution in [3.05, 3.63) is 42.1 Å². The van der Waals surface area contributed by atoms with Gasteiger partial charge in [0.1, 0.15) is 17.8 Å². The Labute approximate surface area is 247 Å². The van der Waals surface area contributed by atoms with Crippen molar-refractivity contribution in [1.82, 2.24) is 19.8 Å². The van der Waals surface area contributed by atoms with Gasteiger partial charge in [-0.1, -0.05) is 19.3 Å². The molecule has 2 aromatic rings. The van der Waals surface area contributed by atoms with Crippen LogP contribution < -0.4 is 9.80 Å². The first-order chi connectivity index (χ1) is 20.3. The Kier molecular flexibility index (Phi) is 7.82. The Hall–Kier alpha value is -3.68. The van der Waals surface area contributed by atoms with E-state index in [1.807, 2.05) is 30.6 Å². The molecule has 1 aliphatic carbocycles. The van der Waals surface area contributed by atoms with E-state index in [0.29, 0.717) is 55.7 Å². The normalized spacial score (nSPS) is 23.8. The molecule has 0 N–H and O–H groups in total. The van der Waals surface area contributed by atoms with Crippen LogP contribution in [0.25, 0.3) is 0 Å². The Morgan fingerprint density at radius 3 is 2.64 bits per heavy atom. The van der Waals surface area contributed by atoms with Gasteiger partial charge in [0, 0.05) is 56.6 Å². The molecule has 6 rings (SSSR count). The summed E-state index contributed by atoms with van der Waals surface area (Å²) >= 11 is 0. The summed E-state index contributed by atoms with van der Waals surface area (Å²) in [5.41, 5.74) is 1.76. The maximum Gasteiger partial charge on any atom is 0.283 e. The van der Waals surface area contributed by atoms with Gasteiger partial charge in [-0.3, -0.25) is 9.59 Å². The molecule has 220 valence electrons. The fourth-order valence-electron chi connectivity index (χ4n) is 8.02. The number of anilines is 3. The summed E-state index contributed by atoms with van der Waals surface area (Å²) in [6, 6.07) is 4.60. The van der Waals surface area contributed by atoms with Gasteiger partial charge >= 0.3 is 0 Å².